The standard InChI is InChI=1S/C23H29N3O4S/c1-5-18-7-6-8-20(13-18)26-21(27)15-25(31(4,29)30)16-23(26,3)22(28)24-14-19-11-9-17(2)10-12-19/h6-13H,5,14-16H2,1-4H3,(H,24,28)/t23-/m1/s1. The van der Waals surface area contributed by atoms with Gasteiger partial charge in [0.25, 0.3) is 0 Å². The smallest absolute Gasteiger partial charge is 0.247 e. The van der Waals surface area contributed by atoms with Gasteiger partial charge in [0, 0.05) is 18.8 Å². The maximum atomic E-state index is 13.4. The van der Waals surface area contributed by atoms with Crippen molar-refractivity contribution in [2.75, 3.05) is 24.2 Å². The van der Waals surface area contributed by atoms with Gasteiger partial charge in [0.05, 0.1) is 12.8 Å². The number of benzene rings is 2. The van der Waals surface area contributed by atoms with Gasteiger partial charge < -0.3 is 5.32 Å². The molecule has 3 rings (SSSR count). The lowest BCUT2D eigenvalue weighted by Gasteiger charge is -2.46. The zero-order chi connectivity index (χ0) is 22.8. The van der Waals surface area contributed by atoms with E-state index < -0.39 is 27.4 Å². The molecule has 8 heteroatoms. The number of rotatable bonds is 6. The van der Waals surface area contributed by atoms with Crippen molar-refractivity contribution in [1.29, 1.82) is 0 Å². The molecule has 2 aromatic rings. The maximum Gasteiger partial charge on any atom is 0.247 e. The van der Waals surface area contributed by atoms with Gasteiger partial charge in [-0.2, -0.15) is 4.31 Å². The molecule has 1 aliphatic heterocycles. The number of nitrogens with one attached hydrogen (secondary N) is 1. The van der Waals surface area contributed by atoms with Crippen molar-refractivity contribution in [3.8, 4) is 0 Å². The molecule has 0 saturated carbocycles. The predicted octanol–water partition coefficient (Wildman–Crippen LogP) is 2.24. The van der Waals surface area contributed by atoms with Gasteiger partial charge in [-0.25, -0.2) is 8.42 Å². The summed E-state index contributed by atoms with van der Waals surface area (Å²) < 4.78 is 25.5. The first-order chi connectivity index (χ1) is 14.5. The fourth-order valence-corrected chi connectivity index (χ4v) is 4.63. The van der Waals surface area contributed by atoms with Crippen molar-refractivity contribution in [3.05, 3.63) is 65.2 Å². The highest BCUT2D eigenvalue weighted by molar-refractivity contribution is 7.88. The van der Waals surface area contributed by atoms with Crippen molar-refractivity contribution in [3.63, 3.8) is 0 Å². The fourth-order valence-electron chi connectivity index (χ4n) is 3.80. The Hall–Kier alpha value is -2.71. The summed E-state index contributed by atoms with van der Waals surface area (Å²) in [6, 6.07) is 15.2. The van der Waals surface area contributed by atoms with Crippen LogP contribution < -0.4 is 10.2 Å². The number of hydrogen-bond donors (Lipinski definition) is 1. The van der Waals surface area contributed by atoms with Gasteiger partial charge in [-0.05, 0) is 43.5 Å². The average molecular weight is 444 g/mol. The molecule has 1 saturated heterocycles. The van der Waals surface area contributed by atoms with Crippen LogP contribution in [0, 0.1) is 6.92 Å². The Morgan fingerprint density at radius 1 is 1.13 bits per heavy atom. The molecule has 7 nitrogen and oxygen atoms in total. The average Bonchev–Trinajstić information content (AvgIpc) is 2.72. The second-order valence-corrected chi connectivity index (χ2v) is 10.2. The van der Waals surface area contributed by atoms with E-state index in [0.717, 1.165) is 33.7 Å². The Morgan fingerprint density at radius 3 is 2.42 bits per heavy atom. The number of carbonyl (C=O) groups is 2. The van der Waals surface area contributed by atoms with E-state index in [1.165, 1.54) is 4.90 Å². The van der Waals surface area contributed by atoms with E-state index in [2.05, 4.69) is 5.32 Å². The minimum atomic E-state index is -3.65. The maximum absolute atomic E-state index is 13.4. The Labute approximate surface area is 184 Å². The van der Waals surface area contributed by atoms with E-state index in [9.17, 15) is 18.0 Å². The third-order valence-electron chi connectivity index (χ3n) is 5.65. The molecule has 1 fully saturated rings. The molecule has 0 aliphatic carbocycles. The highest BCUT2D eigenvalue weighted by Gasteiger charge is 2.50. The van der Waals surface area contributed by atoms with E-state index in [-0.39, 0.29) is 19.6 Å². The summed E-state index contributed by atoms with van der Waals surface area (Å²) in [5.41, 5.74) is 2.26. The Balaban J connectivity index is 1.96. The molecule has 2 aromatic carbocycles. The number of aryl methyl sites for hydroxylation is 2. The lowest BCUT2D eigenvalue weighted by atomic mass is 9.94. The second kappa shape index (κ2) is 8.80. The molecular formula is C23H29N3O4S. The van der Waals surface area contributed by atoms with Crippen LogP contribution in [0.5, 0.6) is 0 Å². The Morgan fingerprint density at radius 2 is 1.81 bits per heavy atom. The largest absolute Gasteiger partial charge is 0.350 e. The van der Waals surface area contributed by atoms with Gasteiger partial charge in [-0.1, -0.05) is 48.9 Å². The monoisotopic (exact) mass is 443 g/mol. The van der Waals surface area contributed by atoms with Gasteiger partial charge in [-0.3, -0.25) is 14.5 Å². The van der Waals surface area contributed by atoms with Gasteiger partial charge in [-0.15, -0.1) is 0 Å². The van der Waals surface area contributed by atoms with Crippen LogP contribution in [0.1, 0.15) is 30.5 Å². The summed E-state index contributed by atoms with van der Waals surface area (Å²) in [4.78, 5) is 28.0. The summed E-state index contributed by atoms with van der Waals surface area (Å²) in [7, 11) is -3.65. The number of amides is 2. The van der Waals surface area contributed by atoms with E-state index in [1.807, 2.05) is 56.3 Å². The summed E-state index contributed by atoms with van der Waals surface area (Å²) in [5.74, 6) is -0.838. The molecule has 0 unspecified atom stereocenters. The molecule has 0 aromatic heterocycles. The third-order valence-corrected chi connectivity index (χ3v) is 6.84. The van der Waals surface area contributed by atoms with E-state index in [4.69, 9.17) is 0 Å². The van der Waals surface area contributed by atoms with Crippen molar-refractivity contribution >= 4 is 27.5 Å². The van der Waals surface area contributed by atoms with Crippen LogP contribution in [0.2, 0.25) is 0 Å². The molecule has 1 N–H and O–H groups in total. The number of anilines is 1. The molecule has 2 amide bonds. The van der Waals surface area contributed by atoms with Crippen LogP contribution in [0.3, 0.4) is 0 Å². The lowest BCUT2D eigenvalue weighted by Crippen LogP contribution is -2.70. The van der Waals surface area contributed by atoms with E-state index >= 15 is 0 Å². The minimum absolute atomic E-state index is 0.117. The summed E-state index contributed by atoms with van der Waals surface area (Å²) in [6.45, 7) is 5.48. The van der Waals surface area contributed by atoms with Crippen molar-refractivity contribution in [1.82, 2.24) is 9.62 Å². The molecule has 0 bridgehead atoms. The molecule has 1 heterocycles. The van der Waals surface area contributed by atoms with Gasteiger partial charge in [0.15, 0.2) is 0 Å². The minimum Gasteiger partial charge on any atom is -0.350 e. The highest BCUT2D eigenvalue weighted by Crippen LogP contribution is 2.31. The van der Waals surface area contributed by atoms with Crippen molar-refractivity contribution in [2.24, 2.45) is 0 Å². The summed E-state index contributed by atoms with van der Waals surface area (Å²) >= 11 is 0. The second-order valence-electron chi connectivity index (χ2n) is 8.23. The number of piperazine rings is 1. The molecule has 1 aliphatic rings. The molecule has 31 heavy (non-hydrogen) atoms. The van der Waals surface area contributed by atoms with Gasteiger partial charge in [0.1, 0.15) is 5.54 Å². The molecule has 0 spiro atoms. The SMILES string of the molecule is CCc1cccc(N2C(=O)CN(S(C)(=O)=O)C[C@]2(C)C(=O)NCc2ccc(C)cc2)c1. The first-order valence-corrected chi connectivity index (χ1v) is 12.1. The van der Waals surface area contributed by atoms with Crippen LogP contribution >= 0.6 is 0 Å². The fraction of sp³-hybridized carbons (Fsp3) is 0.391. The zero-order valence-corrected chi connectivity index (χ0v) is 19.2. The third kappa shape index (κ3) is 4.97. The van der Waals surface area contributed by atoms with Crippen LogP contribution in [-0.2, 0) is 32.6 Å². The van der Waals surface area contributed by atoms with Crippen molar-refractivity contribution < 1.29 is 18.0 Å². The normalized spacial score (nSPS) is 20.0. The number of hydrogen-bond acceptors (Lipinski definition) is 4. The first-order valence-electron chi connectivity index (χ1n) is 10.3. The van der Waals surface area contributed by atoms with Gasteiger partial charge in [0.2, 0.25) is 21.8 Å². The van der Waals surface area contributed by atoms with Crippen molar-refractivity contribution in [2.45, 2.75) is 39.3 Å². The Kier molecular flexibility index (Phi) is 6.52. The van der Waals surface area contributed by atoms with Crippen LogP contribution in [0.25, 0.3) is 0 Å². The first kappa shape index (κ1) is 23.0. The number of carbonyl (C=O) groups excluding carboxylic acids is 2. The summed E-state index contributed by atoms with van der Waals surface area (Å²) in [5, 5.41) is 2.90. The molecule has 1 atom stereocenters. The van der Waals surface area contributed by atoms with E-state index in [1.54, 1.807) is 13.0 Å². The molecule has 166 valence electrons. The van der Waals surface area contributed by atoms with Crippen LogP contribution in [-0.4, -0.2) is 49.4 Å². The topological polar surface area (TPSA) is 86.8 Å². The van der Waals surface area contributed by atoms with E-state index in [0.29, 0.717) is 5.69 Å². The zero-order valence-electron chi connectivity index (χ0n) is 18.4. The highest BCUT2D eigenvalue weighted by atomic mass is 32.2. The lowest BCUT2D eigenvalue weighted by molar-refractivity contribution is -0.133. The molecular weight excluding hydrogens is 414 g/mol. The molecule has 0 radical (unpaired) electrons. The predicted molar refractivity (Wildman–Crippen MR) is 121 cm³/mol. The number of nitrogens with zero attached hydrogens (tertiary/aromatic N) is 2. The van der Waals surface area contributed by atoms with Gasteiger partial charge >= 0.3 is 0 Å². The summed E-state index contributed by atoms with van der Waals surface area (Å²) in [6.07, 6.45) is 1.83. The van der Waals surface area contributed by atoms with Crippen LogP contribution in [0.4, 0.5) is 5.69 Å². The van der Waals surface area contributed by atoms with Crippen LogP contribution in [0.15, 0.2) is 48.5 Å². The number of sulfonamides is 1. The Bertz CT molecular complexity index is 1080. The quantitative estimate of drug-likeness (QED) is 0.742.